The van der Waals surface area contributed by atoms with Crippen LogP contribution in [0.1, 0.15) is 37.6 Å². The molecule has 0 saturated carbocycles. The summed E-state index contributed by atoms with van der Waals surface area (Å²) >= 11 is 6.10. The van der Waals surface area contributed by atoms with E-state index < -0.39 is 10.5 Å². The number of benzene rings is 1. The van der Waals surface area contributed by atoms with Gasteiger partial charge in [0.15, 0.2) is 0 Å². The van der Waals surface area contributed by atoms with Gasteiger partial charge in [-0.15, -0.1) is 0 Å². The quantitative estimate of drug-likeness (QED) is 0.531. The lowest BCUT2D eigenvalue weighted by Crippen LogP contribution is -2.52. The van der Waals surface area contributed by atoms with Crippen molar-refractivity contribution in [3.05, 3.63) is 38.9 Å². The maximum atomic E-state index is 12.8. The zero-order valence-corrected chi connectivity index (χ0v) is 18.2. The molecule has 164 valence electrons. The highest BCUT2D eigenvalue weighted by Crippen LogP contribution is 2.25. The Kier molecular flexibility index (Phi) is 6.52. The Morgan fingerprint density at radius 2 is 1.80 bits per heavy atom. The second-order valence-electron chi connectivity index (χ2n) is 8.62. The molecule has 2 saturated heterocycles. The van der Waals surface area contributed by atoms with E-state index >= 15 is 0 Å². The van der Waals surface area contributed by atoms with Gasteiger partial charge in [0.1, 0.15) is 5.60 Å². The molecule has 1 aromatic carbocycles. The van der Waals surface area contributed by atoms with Gasteiger partial charge in [-0.05, 0) is 33.3 Å². The summed E-state index contributed by atoms with van der Waals surface area (Å²) in [5, 5.41) is 10.9. The van der Waals surface area contributed by atoms with Gasteiger partial charge in [0.25, 0.3) is 11.6 Å². The summed E-state index contributed by atoms with van der Waals surface area (Å²) in [7, 11) is 0. The molecule has 2 amide bonds. The molecule has 0 N–H and O–H groups in total. The van der Waals surface area contributed by atoms with Crippen LogP contribution >= 0.6 is 11.6 Å². The SMILES string of the molecule is CC(C)(C)OC(=O)N1CCC(N2CCN(C(=O)c3ccc([N+](=O)[O-])cc3Cl)CC2)C1. The van der Waals surface area contributed by atoms with E-state index in [0.29, 0.717) is 39.3 Å². The summed E-state index contributed by atoms with van der Waals surface area (Å²) in [4.78, 5) is 41.1. The van der Waals surface area contributed by atoms with Crippen molar-refractivity contribution in [2.75, 3.05) is 39.3 Å². The standard InChI is InChI=1S/C20H27ClN4O5/c1-20(2,3)30-19(27)24-7-6-15(13-24)22-8-10-23(11-9-22)18(26)16-5-4-14(25(28)29)12-17(16)21/h4-5,12,15H,6-11,13H2,1-3H3. The summed E-state index contributed by atoms with van der Waals surface area (Å²) in [5.74, 6) is -0.226. The largest absolute Gasteiger partial charge is 0.444 e. The van der Waals surface area contributed by atoms with Gasteiger partial charge >= 0.3 is 6.09 Å². The summed E-state index contributed by atoms with van der Waals surface area (Å²) in [6.07, 6.45) is 0.591. The molecule has 0 radical (unpaired) electrons. The lowest BCUT2D eigenvalue weighted by atomic mass is 10.1. The average molecular weight is 439 g/mol. The first kappa shape index (κ1) is 22.3. The third-order valence-electron chi connectivity index (χ3n) is 5.33. The number of hydrogen-bond donors (Lipinski definition) is 0. The van der Waals surface area contributed by atoms with E-state index in [2.05, 4.69) is 4.90 Å². The number of hydrogen-bond acceptors (Lipinski definition) is 6. The van der Waals surface area contributed by atoms with Crippen LogP contribution < -0.4 is 0 Å². The molecule has 0 bridgehead atoms. The molecule has 0 spiro atoms. The Morgan fingerprint density at radius 1 is 1.13 bits per heavy atom. The first-order chi connectivity index (χ1) is 14.0. The van der Waals surface area contributed by atoms with E-state index in [0.717, 1.165) is 6.42 Å². The Balaban J connectivity index is 1.53. The molecule has 2 fully saturated rings. The molecule has 3 rings (SSSR count). The van der Waals surface area contributed by atoms with Crippen LogP contribution in [0.2, 0.25) is 5.02 Å². The predicted octanol–water partition coefficient (Wildman–Crippen LogP) is 3.02. The Morgan fingerprint density at radius 3 is 2.37 bits per heavy atom. The molecule has 0 aliphatic carbocycles. The van der Waals surface area contributed by atoms with E-state index in [1.807, 2.05) is 20.8 Å². The van der Waals surface area contributed by atoms with E-state index in [4.69, 9.17) is 16.3 Å². The molecule has 1 aromatic rings. The molecule has 30 heavy (non-hydrogen) atoms. The summed E-state index contributed by atoms with van der Waals surface area (Å²) < 4.78 is 5.45. The van der Waals surface area contributed by atoms with Gasteiger partial charge < -0.3 is 14.5 Å². The predicted molar refractivity (Wildman–Crippen MR) is 112 cm³/mol. The highest BCUT2D eigenvalue weighted by molar-refractivity contribution is 6.34. The van der Waals surface area contributed by atoms with Crippen molar-refractivity contribution in [1.82, 2.24) is 14.7 Å². The van der Waals surface area contributed by atoms with Crippen molar-refractivity contribution in [3.63, 3.8) is 0 Å². The molecule has 1 unspecified atom stereocenters. The van der Waals surface area contributed by atoms with Crippen LogP contribution in [-0.4, -0.2) is 82.5 Å². The average Bonchev–Trinajstić information content (AvgIpc) is 3.16. The van der Waals surface area contributed by atoms with Gasteiger partial charge in [-0.25, -0.2) is 4.79 Å². The number of likely N-dealkylation sites (tertiary alicyclic amines) is 1. The Bertz CT molecular complexity index is 833. The summed E-state index contributed by atoms with van der Waals surface area (Å²) in [6, 6.07) is 4.15. The molecule has 2 heterocycles. The zero-order valence-electron chi connectivity index (χ0n) is 17.5. The molecule has 10 heteroatoms. The number of ether oxygens (including phenoxy) is 1. The minimum absolute atomic E-state index is 0.0837. The van der Waals surface area contributed by atoms with Crippen LogP contribution in [0.15, 0.2) is 18.2 Å². The molecule has 1 atom stereocenters. The highest BCUT2D eigenvalue weighted by atomic mass is 35.5. The normalized spacial score (nSPS) is 20.3. The maximum Gasteiger partial charge on any atom is 0.410 e. The van der Waals surface area contributed by atoms with Gasteiger partial charge in [-0.3, -0.25) is 19.8 Å². The van der Waals surface area contributed by atoms with Crippen molar-refractivity contribution in [1.29, 1.82) is 0 Å². The van der Waals surface area contributed by atoms with Crippen LogP contribution in [0.5, 0.6) is 0 Å². The molecular formula is C20H27ClN4O5. The minimum atomic E-state index is -0.541. The van der Waals surface area contributed by atoms with Crippen LogP contribution in [0, 0.1) is 10.1 Å². The first-order valence-corrected chi connectivity index (χ1v) is 10.4. The number of carbonyl (C=O) groups excluding carboxylic acids is 2. The monoisotopic (exact) mass is 438 g/mol. The number of nitrogens with zero attached hydrogens (tertiary/aromatic N) is 4. The number of carbonyl (C=O) groups is 2. The lowest BCUT2D eigenvalue weighted by Gasteiger charge is -2.38. The van der Waals surface area contributed by atoms with Crippen LogP contribution in [0.4, 0.5) is 10.5 Å². The van der Waals surface area contributed by atoms with Gasteiger partial charge in [0.05, 0.1) is 15.5 Å². The van der Waals surface area contributed by atoms with E-state index in [1.54, 1.807) is 9.80 Å². The molecule has 9 nitrogen and oxygen atoms in total. The van der Waals surface area contributed by atoms with Crippen LogP contribution in [0.25, 0.3) is 0 Å². The number of non-ortho nitro benzene ring substituents is 1. The Labute approximate surface area is 180 Å². The van der Waals surface area contributed by atoms with Gasteiger partial charge in [0, 0.05) is 57.4 Å². The second kappa shape index (κ2) is 8.77. The molecule has 0 aromatic heterocycles. The number of amides is 2. The third-order valence-corrected chi connectivity index (χ3v) is 5.64. The minimum Gasteiger partial charge on any atom is -0.444 e. The van der Waals surface area contributed by atoms with Crippen LogP contribution in [-0.2, 0) is 4.74 Å². The van der Waals surface area contributed by atoms with E-state index in [-0.39, 0.29) is 34.3 Å². The second-order valence-corrected chi connectivity index (χ2v) is 9.03. The van der Waals surface area contributed by atoms with Crippen molar-refractivity contribution in [2.24, 2.45) is 0 Å². The number of piperazine rings is 1. The van der Waals surface area contributed by atoms with Gasteiger partial charge in [0.2, 0.25) is 0 Å². The van der Waals surface area contributed by atoms with Crippen LogP contribution in [0.3, 0.4) is 0 Å². The van der Waals surface area contributed by atoms with Crippen molar-refractivity contribution in [2.45, 2.75) is 38.8 Å². The first-order valence-electron chi connectivity index (χ1n) is 10.0. The van der Waals surface area contributed by atoms with Gasteiger partial charge in [-0.1, -0.05) is 11.6 Å². The molecule has 2 aliphatic rings. The Hall–Kier alpha value is -2.39. The van der Waals surface area contributed by atoms with Gasteiger partial charge in [-0.2, -0.15) is 0 Å². The fourth-order valence-corrected chi connectivity index (χ4v) is 4.04. The van der Waals surface area contributed by atoms with Crippen molar-refractivity contribution >= 4 is 29.3 Å². The van der Waals surface area contributed by atoms with Crippen molar-refractivity contribution < 1.29 is 19.2 Å². The number of rotatable bonds is 3. The summed E-state index contributed by atoms with van der Waals surface area (Å²) in [6.45, 7) is 9.31. The lowest BCUT2D eigenvalue weighted by molar-refractivity contribution is -0.384. The fraction of sp³-hybridized carbons (Fsp3) is 0.600. The fourth-order valence-electron chi connectivity index (χ4n) is 3.78. The third kappa shape index (κ3) is 5.20. The smallest absolute Gasteiger partial charge is 0.410 e. The molecular weight excluding hydrogens is 412 g/mol. The number of halogens is 1. The summed E-state index contributed by atoms with van der Waals surface area (Å²) in [5.41, 5.74) is -0.384. The van der Waals surface area contributed by atoms with E-state index in [9.17, 15) is 19.7 Å². The number of nitro benzene ring substituents is 1. The molecule has 2 aliphatic heterocycles. The maximum absolute atomic E-state index is 12.8. The topological polar surface area (TPSA) is 96.2 Å². The van der Waals surface area contributed by atoms with E-state index in [1.165, 1.54) is 18.2 Å². The zero-order chi connectivity index (χ0) is 22.1. The van der Waals surface area contributed by atoms with Crippen molar-refractivity contribution in [3.8, 4) is 0 Å². The number of nitro groups is 1. The highest BCUT2D eigenvalue weighted by Gasteiger charge is 2.35.